The first-order chi connectivity index (χ1) is 5.89. The Hall–Kier alpha value is -0.624. The summed E-state index contributed by atoms with van der Waals surface area (Å²) in [5.41, 5.74) is -1.78. The van der Waals surface area contributed by atoms with Gasteiger partial charge in [0.15, 0.2) is 0 Å². The van der Waals surface area contributed by atoms with Gasteiger partial charge in [-0.2, -0.15) is 0 Å². The maximum absolute atomic E-state index is 10.0. The van der Waals surface area contributed by atoms with Crippen LogP contribution in [-0.2, 0) is 26.4 Å². The van der Waals surface area contributed by atoms with Gasteiger partial charge >= 0.3 is 51.6 Å². The van der Waals surface area contributed by atoms with Gasteiger partial charge in [0, 0.05) is 0 Å². The first-order valence-electron chi connectivity index (χ1n) is 3.00. The number of rotatable bonds is 2. The molecule has 0 aliphatic carbocycles. The third-order valence-corrected chi connectivity index (χ3v) is 1.04. The van der Waals surface area contributed by atoms with Gasteiger partial charge in [0.2, 0.25) is 0 Å². The van der Waals surface area contributed by atoms with Gasteiger partial charge in [-0.05, 0) is 13.8 Å². The van der Waals surface area contributed by atoms with Crippen LogP contribution >= 0.6 is 0 Å². The summed E-state index contributed by atoms with van der Waals surface area (Å²) in [4.78, 5) is 20.0. The van der Waals surface area contributed by atoms with Crippen molar-refractivity contribution in [3.8, 4) is 0 Å². The zero-order valence-corrected chi connectivity index (χ0v) is 12.3. The van der Waals surface area contributed by atoms with Crippen molar-refractivity contribution in [2.24, 2.45) is 5.41 Å². The first kappa shape index (κ1) is 50.6. The molecule has 0 fully saturated rings. The van der Waals surface area contributed by atoms with Crippen LogP contribution in [0, 0.1) is 15.7 Å². The Bertz CT molecular complexity index is 216. The molecular formula is C5H20ClCoN5O8-3. The van der Waals surface area contributed by atoms with Crippen molar-refractivity contribution in [3.05, 3.63) is 30.8 Å². The molecule has 132 valence electrons. The average molecular weight is 373 g/mol. The predicted molar refractivity (Wildman–Crippen MR) is 59.5 cm³/mol. The van der Waals surface area contributed by atoms with Crippen LogP contribution in [0.4, 0.5) is 0 Å². The fourth-order valence-electron chi connectivity index (χ4n) is 0.0873. The molecule has 20 heavy (non-hydrogen) atoms. The molecule has 0 aromatic rings. The molecule has 0 heterocycles. The Balaban J connectivity index is -0.0000000199. The molecule has 0 unspecified atom stereocenters. The summed E-state index contributed by atoms with van der Waals surface area (Å²) >= 11 is 0. The summed E-state index contributed by atoms with van der Waals surface area (Å²) in [6.07, 6.45) is 0. The Labute approximate surface area is 128 Å². The second kappa shape index (κ2) is 18.4. The van der Waals surface area contributed by atoms with Crippen LogP contribution < -0.4 is 9.77 Å². The van der Waals surface area contributed by atoms with Crippen LogP contribution in [0.2, 0.25) is 0 Å². The van der Waals surface area contributed by atoms with Crippen LogP contribution in [-0.4, -0.2) is 31.0 Å². The third kappa shape index (κ3) is 36.0. The molecule has 0 amide bonds. The second-order valence-electron chi connectivity index (χ2n) is 2.65. The molecule has 0 saturated heterocycles. The molecule has 0 bridgehead atoms. The number of nitrogens with two attached hydrogens (primary N) is 5. The minimum atomic E-state index is -4.19. The number of hydrogen-bond donors (Lipinski definition) is 4. The normalized spacial score (nSPS) is 8.70. The molecule has 15 heteroatoms. The average Bonchev–Trinajstić information content (AvgIpc) is 1.82. The molecule has 0 aliphatic heterocycles. The van der Waals surface area contributed by atoms with E-state index in [0.29, 0.717) is 0 Å². The van der Waals surface area contributed by atoms with E-state index in [-0.39, 0.29) is 47.5 Å². The summed E-state index contributed by atoms with van der Waals surface area (Å²) in [5.74, 6) is -2.96. The van der Waals surface area contributed by atoms with E-state index in [1.54, 1.807) is 0 Å². The molecule has 0 aliphatic rings. The topological polar surface area (TPSA) is 329 Å². The number of halogens is 1. The van der Waals surface area contributed by atoms with Crippen molar-refractivity contribution in [1.82, 2.24) is 0 Å². The molecule has 0 saturated carbocycles. The van der Waals surface area contributed by atoms with Gasteiger partial charge in [0.1, 0.15) is 5.41 Å². The summed E-state index contributed by atoms with van der Waals surface area (Å²) in [7, 11) is -4.19. The van der Waals surface area contributed by atoms with Gasteiger partial charge in [0.25, 0.3) is 0 Å². The van der Waals surface area contributed by atoms with Crippen molar-refractivity contribution in [2.45, 2.75) is 13.8 Å². The van der Waals surface area contributed by atoms with Gasteiger partial charge in [-0.3, -0.25) is 4.79 Å². The van der Waals surface area contributed by atoms with E-state index in [0.717, 1.165) is 13.8 Å². The van der Waals surface area contributed by atoms with E-state index >= 15 is 0 Å². The summed E-state index contributed by atoms with van der Waals surface area (Å²) in [6, 6.07) is 0. The predicted octanol–water partition coefficient (Wildman–Crippen LogP) is -0.430. The number of carbonyl (C=O) groups is 2. The van der Waals surface area contributed by atoms with Crippen molar-refractivity contribution in [1.29, 1.82) is 0 Å². The van der Waals surface area contributed by atoms with Gasteiger partial charge < -0.3 is 45.8 Å². The van der Waals surface area contributed by atoms with Gasteiger partial charge in [0.05, 0.1) is 5.97 Å². The molecule has 14 N–H and O–H groups in total. The van der Waals surface area contributed by atoms with Gasteiger partial charge in [-0.15, -0.1) is 0 Å². The van der Waals surface area contributed by atoms with Crippen LogP contribution in [0.15, 0.2) is 0 Å². The van der Waals surface area contributed by atoms with Crippen molar-refractivity contribution < 1.29 is 65.5 Å². The number of aliphatic carboxylic acids is 2. The Kier molecular flexibility index (Phi) is 46.5. The van der Waals surface area contributed by atoms with Crippen molar-refractivity contribution in [2.75, 3.05) is 0 Å². The van der Waals surface area contributed by atoms with Crippen LogP contribution in [0.3, 0.4) is 0 Å². The molecule has 0 spiro atoms. The van der Waals surface area contributed by atoms with E-state index < -0.39 is 27.6 Å². The zero-order chi connectivity index (χ0) is 12.2. The summed E-state index contributed by atoms with van der Waals surface area (Å²) in [6.45, 7) is 2.15. The molecule has 0 aromatic carbocycles. The fourth-order valence-corrected chi connectivity index (χ4v) is 0.0873. The Morgan fingerprint density at radius 3 is 1.10 bits per heavy atom. The Morgan fingerprint density at radius 1 is 0.950 bits per heavy atom. The standard InChI is InChI=1S/C5H8O4.ClH3O4.Co.5H2N/c1-5(2,3(6)7)4(8)9;2-1(3,4)5;;;;;;/h1-2H3,(H,6,7)(H,8,9);2-4H;;5*1H2/q;;+3;5*-1/p-1. The third-order valence-electron chi connectivity index (χ3n) is 1.04. The Morgan fingerprint density at radius 2 is 1.10 bits per heavy atom. The number of hydrogen-bond acceptors (Lipinski definition) is 7. The van der Waals surface area contributed by atoms with Gasteiger partial charge in [-0.1, -0.05) is 0 Å². The quantitative estimate of drug-likeness (QED) is 0.459. The molecular weight excluding hydrogens is 352 g/mol. The SMILES string of the molecule is CC(C)(C(=O)[O-])C(=O)O.[Co+3].[NH2-].[NH2-].[NH2-].[NH2-].[NH2-].[O-][Cl+](O)(O)O. The van der Waals surface area contributed by atoms with E-state index in [1.165, 1.54) is 0 Å². The van der Waals surface area contributed by atoms with Gasteiger partial charge in [-0.25, -0.2) is 0 Å². The minimum absolute atomic E-state index is 0. The van der Waals surface area contributed by atoms with E-state index in [4.69, 9.17) is 23.7 Å². The molecule has 13 nitrogen and oxygen atoms in total. The fraction of sp³-hybridized carbons (Fsp3) is 0.600. The van der Waals surface area contributed by atoms with Crippen LogP contribution in [0.5, 0.6) is 0 Å². The van der Waals surface area contributed by atoms with E-state index in [2.05, 4.69) is 0 Å². The second-order valence-corrected chi connectivity index (χ2v) is 3.52. The molecule has 0 rings (SSSR count). The molecule has 0 aromatic heterocycles. The van der Waals surface area contributed by atoms with Crippen molar-refractivity contribution in [3.63, 3.8) is 0 Å². The summed E-state index contributed by atoms with van der Waals surface area (Å²) < 4.78 is 30.2. The number of carboxylic acids is 2. The number of carboxylic acid groups (broad SMARTS) is 2. The monoisotopic (exact) mass is 372 g/mol. The first-order valence-corrected chi connectivity index (χ1v) is 4.32. The molecule has 0 atom stereocenters. The van der Waals surface area contributed by atoms with E-state index in [1.807, 2.05) is 0 Å². The molecule has 0 radical (unpaired) electrons. The maximum atomic E-state index is 10.0. The van der Waals surface area contributed by atoms with Crippen LogP contribution in [0.25, 0.3) is 30.8 Å². The zero-order valence-electron chi connectivity index (χ0n) is 10.5. The number of carbonyl (C=O) groups excluding carboxylic acids is 1. The van der Waals surface area contributed by atoms with Crippen LogP contribution in [0.1, 0.15) is 13.8 Å². The van der Waals surface area contributed by atoms with E-state index in [9.17, 15) is 14.7 Å². The summed E-state index contributed by atoms with van der Waals surface area (Å²) in [5, 5.41) is 18.2. The van der Waals surface area contributed by atoms with Crippen molar-refractivity contribution >= 4 is 11.9 Å².